The molecule has 116 valence electrons. The summed E-state index contributed by atoms with van der Waals surface area (Å²) in [5, 5.41) is 12.8. The van der Waals surface area contributed by atoms with Gasteiger partial charge < -0.3 is 19.9 Å². The number of amides is 1. The number of anilines is 1. The van der Waals surface area contributed by atoms with Gasteiger partial charge in [0, 0.05) is 10.6 Å². The molecule has 2 aromatic carbocycles. The fraction of sp³-hybridized carbons (Fsp3) is 0.188. The summed E-state index contributed by atoms with van der Waals surface area (Å²) in [4.78, 5) is 12.2. The van der Waals surface area contributed by atoms with Crippen molar-refractivity contribution in [2.75, 3.05) is 19.5 Å². The van der Waals surface area contributed by atoms with Crippen LogP contribution in [0, 0.1) is 0 Å². The number of hydrogen-bond acceptors (Lipinski definition) is 4. The number of halogens is 1. The highest BCUT2D eigenvalue weighted by molar-refractivity contribution is 6.31. The number of hydrogen-bond donors (Lipinski definition) is 2. The summed E-state index contributed by atoms with van der Waals surface area (Å²) in [5.41, 5.74) is 0.945. The van der Waals surface area contributed by atoms with E-state index < -0.39 is 0 Å². The maximum absolute atomic E-state index is 12.2. The zero-order valence-corrected chi connectivity index (χ0v) is 13.0. The molecule has 5 nitrogen and oxygen atoms in total. The van der Waals surface area contributed by atoms with Crippen molar-refractivity contribution in [2.24, 2.45) is 0 Å². The van der Waals surface area contributed by atoms with Crippen LogP contribution >= 0.6 is 11.6 Å². The normalized spacial score (nSPS) is 10.1. The number of phenols is 1. The summed E-state index contributed by atoms with van der Waals surface area (Å²) >= 11 is 5.85. The predicted octanol–water partition coefficient (Wildman–Crippen LogP) is 3.24. The van der Waals surface area contributed by atoms with Gasteiger partial charge in [0.15, 0.2) is 0 Å². The van der Waals surface area contributed by atoms with E-state index in [-0.39, 0.29) is 23.8 Å². The Bertz CT molecular complexity index is 688. The SMILES string of the molecule is COc1ccc(OC)c(CC(=O)Nc2cc(Cl)ccc2O)c1. The molecule has 2 aromatic rings. The van der Waals surface area contributed by atoms with Crippen LogP contribution in [0.25, 0.3) is 0 Å². The van der Waals surface area contributed by atoms with Gasteiger partial charge in [-0.3, -0.25) is 4.79 Å². The number of ether oxygens (including phenoxy) is 2. The van der Waals surface area contributed by atoms with Crippen LogP contribution in [0.5, 0.6) is 17.2 Å². The molecular weight excluding hydrogens is 306 g/mol. The Hall–Kier alpha value is -2.40. The zero-order valence-electron chi connectivity index (χ0n) is 12.2. The van der Waals surface area contributed by atoms with Gasteiger partial charge in [-0.15, -0.1) is 0 Å². The minimum absolute atomic E-state index is 0.0460. The highest BCUT2D eigenvalue weighted by Gasteiger charge is 2.12. The number of carbonyl (C=O) groups excluding carboxylic acids is 1. The number of aromatic hydroxyl groups is 1. The molecule has 0 saturated carbocycles. The van der Waals surface area contributed by atoms with E-state index in [9.17, 15) is 9.90 Å². The molecule has 0 aliphatic rings. The van der Waals surface area contributed by atoms with Gasteiger partial charge in [0.2, 0.25) is 5.91 Å². The number of benzene rings is 2. The van der Waals surface area contributed by atoms with Gasteiger partial charge in [-0.05, 0) is 36.4 Å². The first-order valence-corrected chi connectivity index (χ1v) is 6.90. The van der Waals surface area contributed by atoms with Crippen molar-refractivity contribution in [3.8, 4) is 17.2 Å². The lowest BCUT2D eigenvalue weighted by molar-refractivity contribution is -0.115. The molecule has 0 aliphatic heterocycles. The van der Waals surface area contributed by atoms with Gasteiger partial charge in [-0.25, -0.2) is 0 Å². The molecule has 2 N–H and O–H groups in total. The number of phenolic OH excluding ortho intramolecular Hbond substituents is 1. The fourth-order valence-electron chi connectivity index (χ4n) is 2.00. The first-order valence-electron chi connectivity index (χ1n) is 6.52. The summed E-state index contributed by atoms with van der Waals surface area (Å²) in [6.45, 7) is 0. The molecule has 0 bridgehead atoms. The summed E-state index contributed by atoms with van der Waals surface area (Å²) in [6.07, 6.45) is 0.0757. The predicted molar refractivity (Wildman–Crippen MR) is 85.0 cm³/mol. The lowest BCUT2D eigenvalue weighted by Crippen LogP contribution is -2.15. The van der Waals surface area contributed by atoms with Crippen LogP contribution in [0.15, 0.2) is 36.4 Å². The maximum atomic E-state index is 12.2. The quantitative estimate of drug-likeness (QED) is 0.830. The summed E-state index contributed by atoms with van der Waals surface area (Å²) in [5.74, 6) is 0.875. The monoisotopic (exact) mass is 321 g/mol. The first-order chi connectivity index (χ1) is 10.5. The van der Waals surface area contributed by atoms with E-state index in [1.807, 2.05) is 0 Å². The van der Waals surface area contributed by atoms with Crippen LogP contribution in [0.2, 0.25) is 5.02 Å². The zero-order chi connectivity index (χ0) is 16.1. The molecule has 0 atom stereocenters. The Kier molecular flexibility index (Phi) is 5.12. The van der Waals surface area contributed by atoms with Crippen molar-refractivity contribution in [1.82, 2.24) is 0 Å². The Morgan fingerprint density at radius 2 is 1.95 bits per heavy atom. The number of nitrogens with one attached hydrogen (secondary N) is 1. The maximum Gasteiger partial charge on any atom is 0.229 e. The number of methoxy groups -OCH3 is 2. The highest BCUT2D eigenvalue weighted by atomic mass is 35.5. The largest absolute Gasteiger partial charge is 0.506 e. The van der Waals surface area contributed by atoms with Crippen molar-refractivity contribution in [3.05, 3.63) is 47.0 Å². The van der Waals surface area contributed by atoms with Crippen molar-refractivity contribution < 1.29 is 19.4 Å². The molecular formula is C16H16ClNO4. The molecule has 6 heteroatoms. The molecule has 1 amide bonds. The summed E-state index contributed by atoms with van der Waals surface area (Å²) in [6, 6.07) is 9.66. The second-order valence-electron chi connectivity index (χ2n) is 4.56. The van der Waals surface area contributed by atoms with E-state index in [4.69, 9.17) is 21.1 Å². The Morgan fingerprint density at radius 1 is 1.18 bits per heavy atom. The molecule has 0 radical (unpaired) electrons. The minimum atomic E-state index is -0.302. The van der Waals surface area contributed by atoms with Crippen LogP contribution in [0.1, 0.15) is 5.56 Å². The van der Waals surface area contributed by atoms with E-state index in [1.165, 1.54) is 25.3 Å². The van der Waals surface area contributed by atoms with E-state index >= 15 is 0 Å². The minimum Gasteiger partial charge on any atom is -0.506 e. The lowest BCUT2D eigenvalue weighted by atomic mass is 10.1. The molecule has 0 unspecified atom stereocenters. The Balaban J connectivity index is 2.16. The van der Waals surface area contributed by atoms with Gasteiger partial charge >= 0.3 is 0 Å². The van der Waals surface area contributed by atoms with E-state index in [0.29, 0.717) is 22.1 Å². The first kappa shape index (κ1) is 16.0. The second kappa shape index (κ2) is 7.04. The van der Waals surface area contributed by atoms with Crippen LogP contribution in [0.3, 0.4) is 0 Å². The molecule has 0 aliphatic carbocycles. The van der Waals surface area contributed by atoms with Crippen molar-refractivity contribution in [3.63, 3.8) is 0 Å². The third kappa shape index (κ3) is 3.83. The summed E-state index contributed by atoms with van der Waals surface area (Å²) < 4.78 is 10.4. The van der Waals surface area contributed by atoms with Crippen LogP contribution < -0.4 is 14.8 Å². The van der Waals surface area contributed by atoms with Gasteiger partial charge in [0.05, 0.1) is 26.3 Å². The highest BCUT2D eigenvalue weighted by Crippen LogP contribution is 2.28. The van der Waals surface area contributed by atoms with Crippen LogP contribution in [-0.4, -0.2) is 25.2 Å². The third-order valence-electron chi connectivity index (χ3n) is 3.07. The molecule has 0 fully saturated rings. The Labute approximate surface area is 133 Å². The number of carbonyl (C=O) groups is 1. The standard InChI is InChI=1S/C16H16ClNO4/c1-21-12-4-6-15(22-2)10(7-12)8-16(20)18-13-9-11(17)3-5-14(13)19/h3-7,9,19H,8H2,1-2H3,(H,18,20). The van der Waals surface area contributed by atoms with Crippen molar-refractivity contribution >= 4 is 23.2 Å². The molecule has 0 spiro atoms. The van der Waals surface area contributed by atoms with Gasteiger partial charge in [0.25, 0.3) is 0 Å². The molecule has 0 saturated heterocycles. The lowest BCUT2D eigenvalue weighted by Gasteiger charge is -2.11. The Morgan fingerprint density at radius 3 is 2.64 bits per heavy atom. The van der Waals surface area contributed by atoms with Crippen molar-refractivity contribution in [2.45, 2.75) is 6.42 Å². The second-order valence-corrected chi connectivity index (χ2v) is 5.00. The van der Waals surface area contributed by atoms with Gasteiger partial charge in [-0.1, -0.05) is 11.6 Å². The topological polar surface area (TPSA) is 67.8 Å². The van der Waals surface area contributed by atoms with Crippen LogP contribution in [-0.2, 0) is 11.2 Å². The third-order valence-corrected chi connectivity index (χ3v) is 3.31. The van der Waals surface area contributed by atoms with Gasteiger partial charge in [-0.2, -0.15) is 0 Å². The van der Waals surface area contributed by atoms with E-state index in [2.05, 4.69) is 5.32 Å². The smallest absolute Gasteiger partial charge is 0.229 e. The fourth-order valence-corrected chi connectivity index (χ4v) is 2.17. The summed E-state index contributed by atoms with van der Waals surface area (Å²) in [7, 11) is 3.08. The molecule has 0 aromatic heterocycles. The van der Waals surface area contributed by atoms with E-state index in [0.717, 1.165) is 0 Å². The average Bonchev–Trinajstić information content (AvgIpc) is 2.50. The molecule has 2 rings (SSSR count). The average molecular weight is 322 g/mol. The van der Waals surface area contributed by atoms with Crippen molar-refractivity contribution in [1.29, 1.82) is 0 Å². The number of rotatable bonds is 5. The molecule has 22 heavy (non-hydrogen) atoms. The van der Waals surface area contributed by atoms with Gasteiger partial charge in [0.1, 0.15) is 17.2 Å². The van der Waals surface area contributed by atoms with E-state index in [1.54, 1.807) is 25.3 Å². The van der Waals surface area contributed by atoms with Crippen LogP contribution in [0.4, 0.5) is 5.69 Å². The molecule has 0 heterocycles.